The summed E-state index contributed by atoms with van der Waals surface area (Å²) < 4.78 is 5.45. The van der Waals surface area contributed by atoms with Crippen molar-refractivity contribution in [3.8, 4) is 5.75 Å². The maximum absolute atomic E-state index is 13.0. The van der Waals surface area contributed by atoms with Gasteiger partial charge in [-0.3, -0.25) is 14.6 Å². The van der Waals surface area contributed by atoms with E-state index in [0.717, 1.165) is 5.56 Å². The second-order valence-electron chi connectivity index (χ2n) is 6.51. The summed E-state index contributed by atoms with van der Waals surface area (Å²) in [6.45, 7) is 1.56. The number of hydrogen-bond acceptors (Lipinski definition) is 5. The summed E-state index contributed by atoms with van der Waals surface area (Å²) in [4.78, 5) is 30.6. The number of amides is 2. The van der Waals surface area contributed by atoms with E-state index >= 15 is 0 Å². The van der Waals surface area contributed by atoms with Gasteiger partial charge < -0.3 is 20.1 Å². The highest BCUT2D eigenvalue weighted by atomic mass is 16.5. The van der Waals surface area contributed by atoms with Gasteiger partial charge in [0.15, 0.2) is 0 Å². The topological polar surface area (TPSA) is 91.8 Å². The first kappa shape index (κ1) is 18.8. The monoisotopic (exact) mass is 369 g/mol. The molecule has 0 aliphatic carbocycles. The van der Waals surface area contributed by atoms with Crippen molar-refractivity contribution in [2.24, 2.45) is 0 Å². The lowest BCUT2D eigenvalue weighted by Crippen LogP contribution is -2.46. The third-order valence-corrected chi connectivity index (χ3v) is 4.71. The van der Waals surface area contributed by atoms with Gasteiger partial charge in [0.25, 0.3) is 0 Å². The van der Waals surface area contributed by atoms with Crippen LogP contribution < -0.4 is 10.1 Å². The molecule has 1 aromatic carbocycles. The number of nitrogens with zero attached hydrogens (tertiary/aromatic N) is 2. The molecule has 2 N–H and O–H groups in total. The van der Waals surface area contributed by atoms with Crippen molar-refractivity contribution in [2.45, 2.75) is 31.5 Å². The van der Waals surface area contributed by atoms with Crippen LogP contribution in [0.15, 0.2) is 48.7 Å². The SMILES string of the molecule is COc1ccccc1C(NC(=O)[C@H]1C[C@@H](O)CN1C(C)=O)c1ccccn1. The molecule has 0 spiro atoms. The lowest BCUT2D eigenvalue weighted by Gasteiger charge is -2.26. The highest BCUT2D eigenvalue weighted by Gasteiger charge is 2.38. The van der Waals surface area contributed by atoms with Crippen LogP contribution in [0.25, 0.3) is 0 Å². The minimum Gasteiger partial charge on any atom is -0.496 e. The van der Waals surface area contributed by atoms with Gasteiger partial charge in [-0.25, -0.2) is 0 Å². The number of hydrogen-bond donors (Lipinski definition) is 2. The molecule has 1 unspecified atom stereocenters. The molecule has 2 heterocycles. The Morgan fingerprint density at radius 2 is 2.00 bits per heavy atom. The number of ether oxygens (including phenoxy) is 1. The molecule has 0 bridgehead atoms. The molecule has 7 heteroatoms. The summed E-state index contributed by atoms with van der Waals surface area (Å²) in [6.07, 6.45) is 1.17. The fourth-order valence-corrected chi connectivity index (χ4v) is 3.41. The molecular formula is C20H23N3O4. The molecule has 1 aromatic heterocycles. The molecule has 7 nitrogen and oxygen atoms in total. The van der Waals surface area contributed by atoms with E-state index in [1.165, 1.54) is 11.8 Å². The second-order valence-corrected chi connectivity index (χ2v) is 6.51. The molecule has 0 radical (unpaired) electrons. The Hall–Kier alpha value is -2.93. The van der Waals surface area contributed by atoms with E-state index in [1.54, 1.807) is 19.4 Å². The lowest BCUT2D eigenvalue weighted by atomic mass is 10.0. The maximum atomic E-state index is 13.0. The summed E-state index contributed by atoms with van der Waals surface area (Å²) in [7, 11) is 1.57. The first-order chi connectivity index (χ1) is 13.0. The van der Waals surface area contributed by atoms with Crippen LogP contribution in [0.3, 0.4) is 0 Å². The molecular weight excluding hydrogens is 346 g/mol. The Morgan fingerprint density at radius 1 is 1.26 bits per heavy atom. The first-order valence-corrected chi connectivity index (χ1v) is 8.80. The predicted octanol–water partition coefficient (Wildman–Crippen LogP) is 1.28. The number of aromatic nitrogens is 1. The van der Waals surface area contributed by atoms with E-state index < -0.39 is 18.2 Å². The van der Waals surface area contributed by atoms with Crippen LogP contribution >= 0.6 is 0 Å². The zero-order valence-corrected chi connectivity index (χ0v) is 15.3. The van der Waals surface area contributed by atoms with Gasteiger partial charge in [-0.05, 0) is 18.2 Å². The van der Waals surface area contributed by atoms with Gasteiger partial charge in [-0.15, -0.1) is 0 Å². The quantitative estimate of drug-likeness (QED) is 0.828. The maximum Gasteiger partial charge on any atom is 0.243 e. The fourth-order valence-electron chi connectivity index (χ4n) is 3.41. The minimum atomic E-state index is -0.710. The zero-order chi connectivity index (χ0) is 19.4. The number of pyridine rings is 1. The van der Waals surface area contributed by atoms with Crippen molar-refractivity contribution in [1.82, 2.24) is 15.2 Å². The zero-order valence-electron chi connectivity index (χ0n) is 15.3. The van der Waals surface area contributed by atoms with Crippen molar-refractivity contribution < 1.29 is 19.4 Å². The van der Waals surface area contributed by atoms with E-state index in [0.29, 0.717) is 11.4 Å². The summed E-state index contributed by atoms with van der Waals surface area (Å²) in [5.41, 5.74) is 1.42. The Labute approximate surface area is 158 Å². The van der Waals surface area contributed by atoms with Crippen LogP contribution in [0.5, 0.6) is 5.75 Å². The number of nitrogens with one attached hydrogen (secondary N) is 1. The number of β-amino-alcohol motifs (C(OH)–C–C–N with tert-alkyl or cyclic N) is 1. The average Bonchev–Trinajstić information content (AvgIpc) is 3.09. The van der Waals surface area contributed by atoms with Gasteiger partial charge in [-0.2, -0.15) is 0 Å². The van der Waals surface area contributed by atoms with Gasteiger partial charge >= 0.3 is 0 Å². The van der Waals surface area contributed by atoms with E-state index in [4.69, 9.17) is 4.74 Å². The first-order valence-electron chi connectivity index (χ1n) is 8.80. The minimum absolute atomic E-state index is 0.163. The Balaban J connectivity index is 1.92. The van der Waals surface area contributed by atoms with Crippen LogP contribution in [-0.4, -0.2) is 52.6 Å². The highest BCUT2D eigenvalue weighted by Crippen LogP contribution is 2.29. The third kappa shape index (κ3) is 4.09. The number of para-hydroxylation sites is 1. The average molecular weight is 369 g/mol. The lowest BCUT2D eigenvalue weighted by molar-refractivity contribution is -0.137. The fraction of sp³-hybridized carbons (Fsp3) is 0.350. The normalized spacial score (nSPS) is 20.2. The number of carbonyl (C=O) groups is 2. The van der Waals surface area contributed by atoms with Crippen molar-refractivity contribution >= 4 is 11.8 Å². The Bertz CT molecular complexity index is 812. The Kier molecular flexibility index (Phi) is 5.71. The number of carbonyl (C=O) groups excluding carboxylic acids is 2. The molecule has 3 rings (SSSR count). The predicted molar refractivity (Wildman–Crippen MR) is 99.0 cm³/mol. The summed E-state index contributed by atoms with van der Waals surface area (Å²) in [5, 5.41) is 12.9. The number of likely N-dealkylation sites (tertiary alicyclic amines) is 1. The molecule has 1 saturated heterocycles. The standard InChI is InChI=1S/C20H23N3O4/c1-13(24)23-12-14(25)11-17(23)20(26)22-19(16-8-5-6-10-21-16)15-7-3-4-9-18(15)27-2/h3-10,14,17,19,25H,11-12H2,1-2H3,(H,22,26)/t14-,17-,19?/m1/s1. The van der Waals surface area contributed by atoms with Gasteiger partial charge in [0.05, 0.1) is 18.9 Å². The van der Waals surface area contributed by atoms with Gasteiger partial charge in [0.1, 0.15) is 17.8 Å². The number of methoxy groups -OCH3 is 1. The van der Waals surface area contributed by atoms with Gasteiger partial charge in [0, 0.05) is 31.6 Å². The van der Waals surface area contributed by atoms with Crippen LogP contribution in [0.1, 0.15) is 30.6 Å². The molecule has 3 atom stereocenters. The molecule has 1 fully saturated rings. The third-order valence-electron chi connectivity index (χ3n) is 4.71. The molecule has 2 amide bonds. The van der Waals surface area contributed by atoms with Crippen LogP contribution in [0.4, 0.5) is 0 Å². The molecule has 2 aromatic rings. The van der Waals surface area contributed by atoms with E-state index in [9.17, 15) is 14.7 Å². The number of benzene rings is 1. The molecule has 0 saturated carbocycles. The summed E-state index contributed by atoms with van der Waals surface area (Å²) in [5.74, 6) is 0.0602. The number of aliphatic hydroxyl groups excluding tert-OH is 1. The van der Waals surface area contributed by atoms with Crippen LogP contribution in [0.2, 0.25) is 0 Å². The van der Waals surface area contributed by atoms with Crippen molar-refractivity contribution in [2.75, 3.05) is 13.7 Å². The van der Waals surface area contributed by atoms with Crippen molar-refractivity contribution in [3.63, 3.8) is 0 Å². The van der Waals surface area contributed by atoms with E-state index in [2.05, 4.69) is 10.3 Å². The molecule has 1 aliphatic heterocycles. The summed E-state index contributed by atoms with van der Waals surface area (Å²) >= 11 is 0. The molecule has 1 aliphatic rings. The molecule has 142 valence electrons. The van der Waals surface area contributed by atoms with E-state index in [-0.39, 0.29) is 24.8 Å². The molecule has 27 heavy (non-hydrogen) atoms. The second kappa shape index (κ2) is 8.18. The van der Waals surface area contributed by atoms with Crippen LogP contribution in [0, 0.1) is 0 Å². The number of aliphatic hydroxyl groups is 1. The Morgan fingerprint density at radius 3 is 2.67 bits per heavy atom. The van der Waals surface area contributed by atoms with Gasteiger partial charge in [-0.1, -0.05) is 24.3 Å². The number of rotatable bonds is 5. The summed E-state index contributed by atoms with van der Waals surface area (Å²) in [6, 6.07) is 11.6. The van der Waals surface area contributed by atoms with Crippen molar-refractivity contribution in [1.29, 1.82) is 0 Å². The van der Waals surface area contributed by atoms with Crippen LogP contribution in [-0.2, 0) is 9.59 Å². The van der Waals surface area contributed by atoms with Gasteiger partial charge in [0.2, 0.25) is 11.8 Å². The highest BCUT2D eigenvalue weighted by molar-refractivity contribution is 5.88. The smallest absolute Gasteiger partial charge is 0.243 e. The van der Waals surface area contributed by atoms with Crippen molar-refractivity contribution in [3.05, 3.63) is 59.9 Å². The largest absolute Gasteiger partial charge is 0.496 e. The van der Waals surface area contributed by atoms with E-state index in [1.807, 2.05) is 36.4 Å².